The topological polar surface area (TPSA) is 71.1 Å². The molecule has 5 nitrogen and oxygen atoms in total. The molecule has 0 bridgehead atoms. The lowest BCUT2D eigenvalue weighted by atomic mass is 10.0. The number of benzene rings is 1. The fourth-order valence-electron chi connectivity index (χ4n) is 2.50. The molecule has 0 saturated heterocycles. The van der Waals surface area contributed by atoms with Gasteiger partial charge in [0, 0.05) is 24.6 Å². The molecular formula is C19H23N3O2. The minimum Gasteiger partial charge on any atom is -0.352 e. The highest BCUT2D eigenvalue weighted by atomic mass is 16.2. The monoisotopic (exact) mass is 325 g/mol. The first-order chi connectivity index (χ1) is 11.6. The van der Waals surface area contributed by atoms with Gasteiger partial charge in [-0.05, 0) is 35.6 Å². The van der Waals surface area contributed by atoms with Gasteiger partial charge in [0.05, 0.1) is 0 Å². The first kappa shape index (κ1) is 17.7. The lowest BCUT2D eigenvalue weighted by Gasteiger charge is -2.14. The van der Waals surface area contributed by atoms with Crippen molar-refractivity contribution in [2.75, 3.05) is 5.32 Å². The van der Waals surface area contributed by atoms with Gasteiger partial charge in [0.15, 0.2) is 0 Å². The maximum Gasteiger partial charge on any atom is 0.233 e. The number of amides is 2. The number of carbonyl (C=O) groups is 2. The second kappa shape index (κ2) is 8.82. The number of aromatic nitrogens is 1. The van der Waals surface area contributed by atoms with Crippen LogP contribution in [0.1, 0.15) is 37.0 Å². The van der Waals surface area contributed by atoms with E-state index in [1.807, 2.05) is 44.2 Å². The van der Waals surface area contributed by atoms with E-state index in [-0.39, 0.29) is 18.2 Å². The fraction of sp³-hybridized carbons (Fsp3) is 0.316. The molecule has 0 fully saturated rings. The molecule has 0 unspecified atom stereocenters. The van der Waals surface area contributed by atoms with Crippen molar-refractivity contribution in [3.8, 4) is 0 Å². The summed E-state index contributed by atoms with van der Waals surface area (Å²) in [6.45, 7) is 4.46. The molecule has 2 aromatic rings. The van der Waals surface area contributed by atoms with Gasteiger partial charge in [-0.25, -0.2) is 0 Å². The van der Waals surface area contributed by atoms with E-state index in [2.05, 4.69) is 15.6 Å². The predicted octanol–water partition coefficient (Wildman–Crippen LogP) is 2.85. The molecule has 0 radical (unpaired) electrons. The third kappa shape index (κ3) is 4.91. The number of anilines is 1. The molecular weight excluding hydrogens is 302 g/mol. The number of rotatable bonds is 7. The van der Waals surface area contributed by atoms with Crippen LogP contribution in [-0.4, -0.2) is 16.8 Å². The Hall–Kier alpha value is -2.69. The Morgan fingerprint density at radius 2 is 1.71 bits per heavy atom. The lowest BCUT2D eigenvalue weighted by Crippen LogP contribution is -2.28. The summed E-state index contributed by atoms with van der Waals surface area (Å²) in [5.41, 5.74) is 3.90. The number of nitrogens with one attached hydrogen (secondary N) is 2. The summed E-state index contributed by atoms with van der Waals surface area (Å²) in [6.07, 6.45) is 4.83. The second-order valence-corrected chi connectivity index (χ2v) is 5.52. The molecule has 1 heterocycles. The quantitative estimate of drug-likeness (QED) is 0.769. The van der Waals surface area contributed by atoms with Gasteiger partial charge in [-0.2, -0.15) is 0 Å². The van der Waals surface area contributed by atoms with E-state index in [4.69, 9.17) is 0 Å². The van der Waals surface area contributed by atoms with Crippen LogP contribution in [0.15, 0.2) is 42.7 Å². The van der Waals surface area contributed by atoms with Crippen molar-refractivity contribution in [2.24, 2.45) is 0 Å². The second-order valence-electron chi connectivity index (χ2n) is 5.52. The first-order valence-corrected chi connectivity index (χ1v) is 8.20. The molecule has 1 aromatic heterocycles. The van der Waals surface area contributed by atoms with E-state index in [0.29, 0.717) is 6.54 Å². The smallest absolute Gasteiger partial charge is 0.233 e. The third-order valence-electron chi connectivity index (χ3n) is 3.80. The predicted molar refractivity (Wildman–Crippen MR) is 94.5 cm³/mol. The van der Waals surface area contributed by atoms with Gasteiger partial charge in [0.2, 0.25) is 11.8 Å². The van der Waals surface area contributed by atoms with Crippen LogP contribution in [0, 0.1) is 0 Å². The van der Waals surface area contributed by atoms with E-state index in [1.165, 1.54) is 0 Å². The van der Waals surface area contributed by atoms with Gasteiger partial charge in [-0.15, -0.1) is 0 Å². The molecule has 2 rings (SSSR count). The zero-order valence-corrected chi connectivity index (χ0v) is 14.1. The molecule has 126 valence electrons. The number of carbonyl (C=O) groups excluding carboxylic acids is 2. The zero-order chi connectivity index (χ0) is 17.4. The van der Waals surface area contributed by atoms with E-state index < -0.39 is 0 Å². The summed E-state index contributed by atoms with van der Waals surface area (Å²) >= 11 is 0. The van der Waals surface area contributed by atoms with Crippen LogP contribution in [0.5, 0.6) is 0 Å². The molecule has 0 saturated carbocycles. The summed E-state index contributed by atoms with van der Waals surface area (Å²) < 4.78 is 0. The van der Waals surface area contributed by atoms with Gasteiger partial charge >= 0.3 is 0 Å². The van der Waals surface area contributed by atoms with Gasteiger partial charge < -0.3 is 10.6 Å². The molecule has 5 heteroatoms. The zero-order valence-electron chi connectivity index (χ0n) is 14.1. The minimum atomic E-state index is -0.302. The van der Waals surface area contributed by atoms with E-state index in [1.54, 1.807) is 12.4 Å². The maximum absolute atomic E-state index is 12.2. The van der Waals surface area contributed by atoms with Crippen LogP contribution in [-0.2, 0) is 29.0 Å². The highest BCUT2D eigenvalue weighted by Crippen LogP contribution is 2.22. The highest BCUT2D eigenvalue weighted by molar-refractivity contribution is 6.04. The summed E-state index contributed by atoms with van der Waals surface area (Å²) in [7, 11) is 0. The average molecular weight is 325 g/mol. The van der Waals surface area contributed by atoms with Crippen LogP contribution in [0.3, 0.4) is 0 Å². The van der Waals surface area contributed by atoms with Crippen molar-refractivity contribution < 1.29 is 9.59 Å². The highest BCUT2D eigenvalue weighted by Gasteiger charge is 2.13. The summed E-state index contributed by atoms with van der Waals surface area (Å²) in [5, 5.41) is 5.63. The summed E-state index contributed by atoms with van der Waals surface area (Å²) in [4.78, 5) is 28.1. The Bertz CT molecular complexity index is 677. The number of nitrogens with zero attached hydrogens (tertiary/aromatic N) is 1. The van der Waals surface area contributed by atoms with E-state index in [0.717, 1.165) is 35.2 Å². The molecule has 24 heavy (non-hydrogen) atoms. The largest absolute Gasteiger partial charge is 0.352 e. The van der Waals surface area contributed by atoms with Crippen LogP contribution in [0.2, 0.25) is 0 Å². The minimum absolute atomic E-state index is 0.193. The Balaban J connectivity index is 1.92. The Morgan fingerprint density at radius 1 is 1.00 bits per heavy atom. The number of aryl methyl sites for hydroxylation is 2. The fourth-order valence-corrected chi connectivity index (χ4v) is 2.50. The molecule has 2 N–H and O–H groups in total. The van der Waals surface area contributed by atoms with Crippen molar-refractivity contribution in [3.05, 3.63) is 59.4 Å². The number of para-hydroxylation sites is 1. The Labute approximate surface area is 142 Å². The summed E-state index contributed by atoms with van der Waals surface area (Å²) in [6, 6.07) is 9.67. The number of pyridine rings is 1. The first-order valence-electron chi connectivity index (χ1n) is 8.20. The van der Waals surface area contributed by atoms with Gasteiger partial charge in [0.25, 0.3) is 0 Å². The van der Waals surface area contributed by atoms with Gasteiger partial charge in [-0.3, -0.25) is 14.6 Å². The average Bonchev–Trinajstić information content (AvgIpc) is 2.61. The SMILES string of the molecule is CCc1cccc(CC)c1NC(=O)CC(=O)NCc1cccnc1. The molecule has 2 amide bonds. The molecule has 0 aliphatic heterocycles. The van der Waals surface area contributed by atoms with Crippen molar-refractivity contribution in [2.45, 2.75) is 39.7 Å². The van der Waals surface area contributed by atoms with Crippen molar-refractivity contribution in [1.29, 1.82) is 0 Å². The molecule has 0 aliphatic rings. The third-order valence-corrected chi connectivity index (χ3v) is 3.80. The number of hydrogen-bond acceptors (Lipinski definition) is 3. The molecule has 0 spiro atoms. The van der Waals surface area contributed by atoms with Crippen LogP contribution >= 0.6 is 0 Å². The van der Waals surface area contributed by atoms with Crippen LogP contribution in [0.4, 0.5) is 5.69 Å². The number of hydrogen-bond donors (Lipinski definition) is 2. The maximum atomic E-state index is 12.2. The molecule has 0 aliphatic carbocycles. The van der Waals surface area contributed by atoms with E-state index >= 15 is 0 Å². The Morgan fingerprint density at radius 3 is 2.29 bits per heavy atom. The van der Waals surface area contributed by atoms with Crippen molar-refractivity contribution in [1.82, 2.24) is 10.3 Å². The van der Waals surface area contributed by atoms with E-state index in [9.17, 15) is 9.59 Å². The summed E-state index contributed by atoms with van der Waals surface area (Å²) in [5.74, 6) is -0.599. The van der Waals surface area contributed by atoms with Crippen LogP contribution < -0.4 is 10.6 Å². The molecule has 0 atom stereocenters. The van der Waals surface area contributed by atoms with Crippen molar-refractivity contribution in [3.63, 3.8) is 0 Å². The van der Waals surface area contributed by atoms with Gasteiger partial charge in [0.1, 0.15) is 6.42 Å². The lowest BCUT2D eigenvalue weighted by molar-refractivity contribution is -0.126. The van der Waals surface area contributed by atoms with Crippen molar-refractivity contribution >= 4 is 17.5 Å². The molecule has 1 aromatic carbocycles. The Kier molecular flexibility index (Phi) is 6.49. The van der Waals surface area contributed by atoms with Gasteiger partial charge in [-0.1, -0.05) is 38.1 Å². The standard InChI is InChI=1S/C19H23N3O2/c1-3-15-8-5-9-16(4-2)19(15)22-18(24)11-17(23)21-13-14-7-6-10-20-12-14/h5-10,12H,3-4,11,13H2,1-2H3,(H,21,23)(H,22,24). The normalized spacial score (nSPS) is 10.2. The van der Waals surface area contributed by atoms with Crippen LogP contribution in [0.25, 0.3) is 0 Å².